The summed E-state index contributed by atoms with van der Waals surface area (Å²) in [6.45, 7) is 6.47. The minimum absolute atomic E-state index is 0.104. The zero-order chi connectivity index (χ0) is 59.2. The van der Waals surface area contributed by atoms with Gasteiger partial charge in [-0.25, -0.2) is 0 Å². The highest BCUT2D eigenvalue weighted by Gasteiger charge is 2.19. The van der Waals surface area contributed by atoms with Gasteiger partial charge in [0.05, 0.1) is 0 Å². The molecule has 82 heavy (non-hydrogen) atoms. The van der Waals surface area contributed by atoms with E-state index in [2.05, 4.69) is 130 Å². The van der Waals surface area contributed by atoms with E-state index in [4.69, 9.17) is 14.2 Å². The van der Waals surface area contributed by atoms with E-state index in [9.17, 15) is 14.4 Å². The van der Waals surface area contributed by atoms with Crippen molar-refractivity contribution in [3.05, 3.63) is 109 Å². The zero-order valence-electron chi connectivity index (χ0n) is 54.0. The fraction of sp³-hybridized carbons (Fsp3) is 0.724. The molecular weight excluding hydrogens is 1010 g/mol. The van der Waals surface area contributed by atoms with E-state index in [0.717, 1.165) is 116 Å². The summed E-state index contributed by atoms with van der Waals surface area (Å²) in [5.74, 6) is -0.967. The molecule has 0 aromatic heterocycles. The van der Waals surface area contributed by atoms with Gasteiger partial charge in [-0.05, 0) is 96.3 Å². The number of carbonyl (C=O) groups is 3. The second kappa shape index (κ2) is 69.6. The quantitative estimate of drug-likeness (QED) is 0.0261. The first-order valence-electron chi connectivity index (χ1n) is 34.9. The molecule has 0 rings (SSSR count). The molecule has 0 bridgehead atoms. The minimum atomic E-state index is -0.817. The van der Waals surface area contributed by atoms with Gasteiger partial charge in [-0.15, -0.1) is 0 Å². The van der Waals surface area contributed by atoms with Gasteiger partial charge in [0, 0.05) is 19.3 Å². The maximum absolute atomic E-state index is 12.9. The molecule has 6 heteroatoms. The number of unbranched alkanes of at least 4 members (excludes halogenated alkanes) is 34. The summed E-state index contributed by atoms with van der Waals surface area (Å²) < 4.78 is 16.9. The molecule has 0 fully saturated rings. The fourth-order valence-corrected chi connectivity index (χ4v) is 9.80. The lowest BCUT2D eigenvalue weighted by atomic mass is 10.0. The van der Waals surface area contributed by atoms with Crippen LogP contribution < -0.4 is 0 Å². The Morgan fingerprint density at radius 1 is 0.256 bits per heavy atom. The Morgan fingerprint density at radius 3 is 0.817 bits per heavy atom. The third-order valence-electron chi connectivity index (χ3n) is 15.0. The smallest absolute Gasteiger partial charge is 0.306 e. The van der Waals surface area contributed by atoms with Crippen molar-refractivity contribution >= 4 is 17.9 Å². The maximum atomic E-state index is 12.9. The van der Waals surface area contributed by atoms with Crippen LogP contribution in [0.2, 0.25) is 0 Å². The summed E-state index contributed by atoms with van der Waals surface area (Å²) in [5, 5.41) is 0. The van der Waals surface area contributed by atoms with Crippen molar-refractivity contribution in [3.63, 3.8) is 0 Å². The van der Waals surface area contributed by atoms with Crippen LogP contribution in [0.25, 0.3) is 0 Å². The van der Waals surface area contributed by atoms with Gasteiger partial charge in [-0.1, -0.05) is 329 Å². The number of hydrogen-bond acceptors (Lipinski definition) is 6. The normalized spacial score (nSPS) is 12.8. The molecule has 0 saturated carbocycles. The molecule has 0 heterocycles. The molecule has 1 unspecified atom stereocenters. The fourth-order valence-electron chi connectivity index (χ4n) is 9.80. The van der Waals surface area contributed by atoms with Crippen molar-refractivity contribution in [1.29, 1.82) is 0 Å². The van der Waals surface area contributed by atoms with Gasteiger partial charge < -0.3 is 14.2 Å². The highest BCUT2D eigenvalue weighted by molar-refractivity contribution is 5.71. The van der Waals surface area contributed by atoms with Crippen LogP contribution in [0.3, 0.4) is 0 Å². The van der Waals surface area contributed by atoms with Crippen LogP contribution >= 0.6 is 0 Å². The summed E-state index contributed by atoms with van der Waals surface area (Å²) in [7, 11) is 0. The number of hydrogen-bond donors (Lipinski definition) is 0. The van der Waals surface area contributed by atoms with Gasteiger partial charge in [0.25, 0.3) is 0 Å². The van der Waals surface area contributed by atoms with Crippen LogP contribution in [0.4, 0.5) is 0 Å². The van der Waals surface area contributed by atoms with Crippen molar-refractivity contribution in [2.75, 3.05) is 13.2 Å². The molecule has 0 saturated heterocycles. The number of esters is 3. The molecule has 6 nitrogen and oxygen atoms in total. The first-order valence-corrected chi connectivity index (χ1v) is 34.9. The third-order valence-corrected chi connectivity index (χ3v) is 15.0. The Morgan fingerprint density at radius 2 is 0.500 bits per heavy atom. The predicted molar refractivity (Wildman–Crippen MR) is 357 cm³/mol. The predicted octanol–water partition coefficient (Wildman–Crippen LogP) is 24.2. The first kappa shape index (κ1) is 78.1. The number of carbonyl (C=O) groups excluding carboxylic acids is 3. The van der Waals surface area contributed by atoms with E-state index in [1.54, 1.807) is 0 Å². The lowest BCUT2D eigenvalue weighted by molar-refractivity contribution is -0.167. The van der Waals surface area contributed by atoms with E-state index < -0.39 is 6.10 Å². The van der Waals surface area contributed by atoms with Crippen molar-refractivity contribution in [3.8, 4) is 0 Å². The summed E-state index contributed by atoms with van der Waals surface area (Å²) >= 11 is 0. The molecule has 1 atom stereocenters. The Balaban J connectivity index is 4.37. The third kappa shape index (κ3) is 66.9. The largest absolute Gasteiger partial charge is 0.462 e. The van der Waals surface area contributed by atoms with Crippen LogP contribution in [-0.2, 0) is 28.6 Å². The van der Waals surface area contributed by atoms with Crippen molar-refractivity contribution in [2.24, 2.45) is 0 Å². The average Bonchev–Trinajstić information content (AvgIpc) is 3.47. The summed E-state index contributed by atoms with van der Waals surface area (Å²) in [5.41, 5.74) is 0. The van der Waals surface area contributed by atoms with Gasteiger partial charge in [-0.3, -0.25) is 14.4 Å². The van der Waals surface area contributed by atoms with Gasteiger partial charge in [-0.2, -0.15) is 0 Å². The monoisotopic (exact) mass is 1140 g/mol. The van der Waals surface area contributed by atoms with Crippen molar-refractivity contribution < 1.29 is 28.6 Å². The van der Waals surface area contributed by atoms with Gasteiger partial charge in [0.1, 0.15) is 13.2 Å². The zero-order valence-corrected chi connectivity index (χ0v) is 54.0. The SMILES string of the molecule is CC/C=C\C/C=C\C/C=C\C/C=C\C/C=C\C/C=C\C/C=C\CCCC(=O)OC(COC(=O)CCCCCCC/C=C\C/C=C\CCCC)COC(=O)CCCCCCCCCCCCCCCCCCCCCCCCCCCCC. The second-order valence-electron chi connectivity index (χ2n) is 23.1. The lowest BCUT2D eigenvalue weighted by Gasteiger charge is -2.18. The van der Waals surface area contributed by atoms with Crippen molar-refractivity contribution in [2.45, 2.75) is 341 Å². The van der Waals surface area contributed by atoms with Gasteiger partial charge in [0.15, 0.2) is 6.10 Å². The Kier molecular flexibility index (Phi) is 66.2. The summed E-state index contributed by atoms with van der Waals surface area (Å²) in [4.78, 5) is 38.4. The molecule has 470 valence electrons. The van der Waals surface area contributed by atoms with Crippen LogP contribution in [0.15, 0.2) is 109 Å². The highest BCUT2D eigenvalue weighted by atomic mass is 16.6. The number of rotatable bonds is 63. The summed E-state index contributed by atoms with van der Waals surface area (Å²) in [6.07, 6.45) is 95.6. The van der Waals surface area contributed by atoms with E-state index in [0.29, 0.717) is 19.3 Å². The van der Waals surface area contributed by atoms with Crippen LogP contribution in [-0.4, -0.2) is 37.2 Å². The maximum Gasteiger partial charge on any atom is 0.306 e. The van der Waals surface area contributed by atoms with Crippen LogP contribution in [0.5, 0.6) is 0 Å². The Bertz CT molecular complexity index is 1640. The minimum Gasteiger partial charge on any atom is -0.462 e. The molecule has 0 aromatic carbocycles. The lowest BCUT2D eigenvalue weighted by Crippen LogP contribution is -2.30. The standard InChI is InChI=1S/C76H130O6/c1-4-7-10-13-16-19-22-25-28-30-32-34-36-37-38-39-41-42-44-46-48-51-54-57-60-63-66-69-75(78)81-72-73(71-80-74(77)68-65-62-59-56-53-50-27-24-21-18-15-12-9-6-3)82-76(79)70-67-64-61-58-55-52-49-47-45-43-40-35-33-31-29-26-23-20-17-14-11-8-5-2/h8,11,15,17-18,20,24,26-27,29,33,35,43,45,49,52,58,61,73H,4-7,9-10,12-14,16,19,21-23,25,28,30-32,34,36-42,44,46-48,50-51,53-57,59-60,62-72H2,1-3H3/b11-8-,18-15-,20-17-,27-24-,29-26-,35-33-,45-43-,52-49-,61-58-. The topological polar surface area (TPSA) is 78.9 Å². The van der Waals surface area contributed by atoms with E-state index in [1.807, 2.05) is 0 Å². The van der Waals surface area contributed by atoms with Crippen LogP contribution in [0.1, 0.15) is 335 Å². The Hall–Kier alpha value is -3.93. The van der Waals surface area contributed by atoms with Gasteiger partial charge in [0.2, 0.25) is 0 Å². The van der Waals surface area contributed by atoms with Crippen LogP contribution in [0, 0.1) is 0 Å². The number of ether oxygens (including phenoxy) is 3. The molecule has 0 N–H and O–H groups in total. The Labute approximate surface area is 508 Å². The van der Waals surface area contributed by atoms with Gasteiger partial charge >= 0.3 is 17.9 Å². The molecule has 0 spiro atoms. The molecular formula is C76H130O6. The summed E-state index contributed by atoms with van der Waals surface area (Å²) in [6, 6.07) is 0. The van der Waals surface area contributed by atoms with Crippen molar-refractivity contribution in [1.82, 2.24) is 0 Å². The first-order chi connectivity index (χ1) is 40.5. The number of allylic oxidation sites excluding steroid dienone is 18. The molecule has 0 aromatic rings. The molecule has 0 aliphatic rings. The molecule has 0 amide bonds. The highest BCUT2D eigenvalue weighted by Crippen LogP contribution is 2.17. The molecule has 0 radical (unpaired) electrons. The molecule has 0 aliphatic carbocycles. The second-order valence-corrected chi connectivity index (χ2v) is 23.1. The molecule has 0 aliphatic heterocycles. The van der Waals surface area contributed by atoms with E-state index in [-0.39, 0.29) is 37.5 Å². The average molecular weight is 1140 g/mol. The van der Waals surface area contributed by atoms with E-state index in [1.165, 1.54) is 173 Å². The van der Waals surface area contributed by atoms with E-state index >= 15 is 0 Å².